The van der Waals surface area contributed by atoms with Crippen molar-refractivity contribution in [3.8, 4) is 6.07 Å². The molecular formula is C19H16BClF2N4O2. The molecule has 0 saturated heterocycles. The fourth-order valence-electron chi connectivity index (χ4n) is 2.97. The summed E-state index contributed by atoms with van der Waals surface area (Å²) < 4.78 is 32.4. The summed E-state index contributed by atoms with van der Waals surface area (Å²) in [7, 11) is 0.826. The lowest BCUT2D eigenvalue weighted by Crippen LogP contribution is -2.27. The smallest absolute Gasteiger partial charge is 0.423 e. The SMILES string of the molecule is C[C@H]1OB(O)c2ccc(F)cc21.Cn1nc(C#N)cc1Cc1cc(F)cnc1Cl. The number of hydrogen-bond donors (Lipinski definition) is 1. The second-order valence-corrected chi connectivity index (χ2v) is 6.80. The van der Waals surface area contributed by atoms with Crippen molar-refractivity contribution in [2.24, 2.45) is 7.05 Å². The van der Waals surface area contributed by atoms with Gasteiger partial charge in [-0.05, 0) is 47.8 Å². The van der Waals surface area contributed by atoms with Gasteiger partial charge >= 0.3 is 7.12 Å². The highest BCUT2D eigenvalue weighted by molar-refractivity contribution is 6.61. The van der Waals surface area contributed by atoms with E-state index in [0.717, 1.165) is 17.5 Å². The van der Waals surface area contributed by atoms with E-state index in [4.69, 9.17) is 21.5 Å². The van der Waals surface area contributed by atoms with Crippen molar-refractivity contribution in [3.05, 3.63) is 75.8 Å². The molecule has 0 fully saturated rings. The quantitative estimate of drug-likeness (QED) is 0.513. The summed E-state index contributed by atoms with van der Waals surface area (Å²) in [4.78, 5) is 3.73. The highest BCUT2D eigenvalue weighted by atomic mass is 35.5. The Morgan fingerprint density at radius 3 is 2.76 bits per heavy atom. The van der Waals surface area contributed by atoms with Gasteiger partial charge in [-0.1, -0.05) is 17.7 Å². The van der Waals surface area contributed by atoms with Gasteiger partial charge in [-0.3, -0.25) is 4.68 Å². The van der Waals surface area contributed by atoms with Gasteiger partial charge in [-0.25, -0.2) is 13.8 Å². The normalized spacial score (nSPS) is 14.8. The average Bonchev–Trinajstić information content (AvgIpc) is 3.17. The molecular weight excluding hydrogens is 400 g/mol. The van der Waals surface area contributed by atoms with Crippen LogP contribution in [0.5, 0.6) is 0 Å². The first-order valence-electron chi connectivity index (χ1n) is 8.64. The molecule has 0 unspecified atom stereocenters. The summed E-state index contributed by atoms with van der Waals surface area (Å²) in [6.07, 6.45) is 1.23. The van der Waals surface area contributed by atoms with Crippen molar-refractivity contribution in [3.63, 3.8) is 0 Å². The molecule has 3 aromatic rings. The molecule has 4 rings (SSSR count). The summed E-state index contributed by atoms with van der Waals surface area (Å²) in [5, 5.41) is 22.2. The van der Waals surface area contributed by atoms with Crippen LogP contribution in [0.15, 0.2) is 36.5 Å². The van der Waals surface area contributed by atoms with Gasteiger partial charge in [0.25, 0.3) is 0 Å². The van der Waals surface area contributed by atoms with Gasteiger partial charge in [0.1, 0.15) is 22.9 Å². The van der Waals surface area contributed by atoms with Gasteiger partial charge in [-0.2, -0.15) is 10.4 Å². The molecule has 1 atom stereocenters. The third kappa shape index (κ3) is 4.79. The van der Waals surface area contributed by atoms with E-state index in [1.165, 1.54) is 18.2 Å². The van der Waals surface area contributed by atoms with Crippen molar-refractivity contribution in [2.45, 2.75) is 19.4 Å². The molecule has 3 heterocycles. The monoisotopic (exact) mass is 416 g/mol. The molecule has 148 valence electrons. The maximum Gasteiger partial charge on any atom is 0.491 e. The Balaban J connectivity index is 0.000000176. The third-order valence-electron chi connectivity index (χ3n) is 4.43. The maximum absolute atomic E-state index is 13.0. The Morgan fingerprint density at radius 2 is 2.07 bits per heavy atom. The Bertz CT molecular complexity index is 1090. The number of pyridine rings is 1. The first-order chi connectivity index (χ1) is 13.8. The number of rotatable bonds is 2. The topological polar surface area (TPSA) is 84.0 Å². The minimum Gasteiger partial charge on any atom is -0.423 e. The molecule has 1 N–H and O–H groups in total. The molecule has 1 aliphatic rings. The van der Waals surface area contributed by atoms with Crippen molar-refractivity contribution >= 4 is 24.2 Å². The van der Waals surface area contributed by atoms with E-state index in [-0.39, 0.29) is 17.1 Å². The van der Waals surface area contributed by atoms with Crippen LogP contribution in [0, 0.1) is 23.0 Å². The lowest BCUT2D eigenvalue weighted by molar-refractivity contribution is 0.208. The molecule has 0 amide bonds. The molecule has 0 saturated carbocycles. The van der Waals surface area contributed by atoms with Crippen molar-refractivity contribution in [1.29, 1.82) is 5.26 Å². The van der Waals surface area contributed by atoms with Crippen LogP contribution in [0.4, 0.5) is 8.78 Å². The van der Waals surface area contributed by atoms with Gasteiger partial charge in [0, 0.05) is 19.2 Å². The highest BCUT2D eigenvalue weighted by Crippen LogP contribution is 2.22. The Labute approximate surface area is 171 Å². The summed E-state index contributed by atoms with van der Waals surface area (Å²) in [6.45, 7) is 1.79. The lowest BCUT2D eigenvalue weighted by atomic mass is 9.79. The van der Waals surface area contributed by atoms with Gasteiger partial charge in [-0.15, -0.1) is 0 Å². The number of aromatic nitrogens is 3. The second kappa shape index (κ2) is 8.70. The van der Waals surface area contributed by atoms with Crippen LogP contribution < -0.4 is 5.46 Å². The molecule has 29 heavy (non-hydrogen) atoms. The molecule has 0 spiro atoms. The molecule has 0 radical (unpaired) electrons. The molecule has 10 heteroatoms. The van der Waals surface area contributed by atoms with Crippen LogP contribution in [-0.4, -0.2) is 26.9 Å². The van der Waals surface area contributed by atoms with Crippen LogP contribution >= 0.6 is 11.6 Å². The first kappa shape index (κ1) is 20.9. The van der Waals surface area contributed by atoms with Crippen LogP contribution in [0.25, 0.3) is 0 Å². The van der Waals surface area contributed by atoms with E-state index in [1.54, 1.807) is 30.8 Å². The summed E-state index contributed by atoms with van der Waals surface area (Å²) >= 11 is 5.87. The zero-order valence-electron chi connectivity index (χ0n) is 15.6. The predicted molar refractivity (Wildman–Crippen MR) is 103 cm³/mol. The number of nitrogens with zero attached hydrogens (tertiary/aromatic N) is 4. The van der Waals surface area contributed by atoms with Gasteiger partial charge < -0.3 is 9.68 Å². The standard InChI is InChI=1S/C11H8ClFN4.C8H8BFO2/c1-17-10(4-9(5-14)16-17)3-7-2-8(13)6-15-11(7)12;1-5-7-4-6(10)2-3-8(7)9(11)12-5/h2,4,6H,3H2,1H3;2-5,11H,1H3/t;5-/m.1/s1. The number of aryl methyl sites for hydroxylation is 1. The van der Waals surface area contributed by atoms with Gasteiger partial charge in [0.15, 0.2) is 5.69 Å². The van der Waals surface area contributed by atoms with Crippen molar-refractivity contribution < 1.29 is 18.5 Å². The number of benzene rings is 1. The van der Waals surface area contributed by atoms with E-state index in [0.29, 0.717) is 23.1 Å². The second-order valence-electron chi connectivity index (χ2n) is 6.44. The predicted octanol–water partition coefficient (Wildman–Crippen LogP) is 2.67. The van der Waals surface area contributed by atoms with Crippen molar-refractivity contribution in [2.75, 3.05) is 0 Å². The summed E-state index contributed by atoms with van der Waals surface area (Å²) in [6, 6.07) is 9.19. The van der Waals surface area contributed by atoms with Crippen LogP contribution in [0.1, 0.15) is 35.5 Å². The summed E-state index contributed by atoms with van der Waals surface area (Å²) in [5.74, 6) is -0.731. The molecule has 1 aliphatic heterocycles. The molecule has 0 aliphatic carbocycles. The van der Waals surface area contributed by atoms with E-state index in [2.05, 4.69) is 10.1 Å². The Morgan fingerprint density at radius 1 is 1.31 bits per heavy atom. The van der Waals surface area contributed by atoms with E-state index in [9.17, 15) is 13.8 Å². The average molecular weight is 417 g/mol. The number of nitriles is 1. The van der Waals surface area contributed by atoms with Crippen LogP contribution in [0.3, 0.4) is 0 Å². The molecule has 2 aromatic heterocycles. The molecule has 1 aromatic carbocycles. The molecule has 0 bridgehead atoms. The molecule has 6 nitrogen and oxygen atoms in total. The highest BCUT2D eigenvalue weighted by Gasteiger charge is 2.32. The van der Waals surface area contributed by atoms with Gasteiger partial charge in [0.05, 0.1) is 12.3 Å². The fourth-order valence-corrected chi connectivity index (χ4v) is 3.14. The van der Waals surface area contributed by atoms with Crippen LogP contribution in [0.2, 0.25) is 5.15 Å². The van der Waals surface area contributed by atoms with E-state index in [1.807, 2.05) is 6.07 Å². The minimum atomic E-state index is -0.893. The largest absolute Gasteiger partial charge is 0.491 e. The Kier molecular flexibility index (Phi) is 6.28. The zero-order chi connectivity index (χ0) is 21.1. The first-order valence-corrected chi connectivity index (χ1v) is 9.02. The lowest BCUT2D eigenvalue weighted by Gasteiger charge is -2.03. The van der Waals surface area contributed by atoms with Gasteiger partial charge in [0.2, 0.25) is 0 Å². The van der Waals surface area contributed by atoms with Crippen molar-refractivity contribution in [1.82, 2.24) is 14.8 Å². The summed E-state index contributed by atoms with van der Waals surface area (Å²) in [5.41, 5.74) is 3.07. The fraction of sp³-hybridized carbons (Fsp3) is 0.211. The third-order valence-corrected chi connectivity index (χ3v) is 4.77. The number of fused-ring (bicyclic) bond motifs is 1. The minimum absolute atomic E-state index is 0.217. The number of hydrogen-bond acceptors (Lipinski definition) is 5. The Hall–Kier alpha value is -2.80. The van der Waals surface area contributed by atoms with E-state index < -0.39 is 12.9 Å². The maximum atomic E-state index is 13.0. The van der Waals surface area contributed by atoms with Crippen LogP contribution in [-0.2, 0) is 18.1 Å². The van der Waals surface area contributed by atoms with E-state index >= 15 is 0 Å². The zero-order valence-corrected chi connectivity index (χ0v) is 16.4. The number of halogens is 3.